The van der Waals surface area contributed by atoms with Crippen molar-refractivity contribution >= 4 is 33.4 Å². The van der Waals surface area contributed by atoms with Gasteiger partial charge in [-0.15, -0.1) is 0 Å². The number of hydrogen-bond acceptors (Lipinski definition) is 10. The molecule has 3 aromatic heterocycles. The van der Waals surface area contributed by atoms with Crippen molar-refractivity contribution in [3.8, 4) is 17.3 Å². The summed E-state index contributed by atoms with van der Waals surface area (Å²) >= 11 is 6.77. The van der Waals surface area contributed by atoms with Gasteiger partial charge in [-0.05, 0) is 63.2 Å². The minimum absolute atomic E-state index is 0.00907. The molecule has 3 saturated heterocycles. The predicted molar refractivity (Wildman–Crippen MR) is 173 cm³/mol. The van der Waals surface area contributed by atoms with Gasteiger partial charge in [-0.1, -0.05) is 11.6 Å². The first-order valence-corrected chi connectivity index (χ1v) is 16.9. The molecule has 1 saturated carbocycles. The van der Waals surface area contributed by atoms with E-state index in [4.69, 9.17) is 25.8 Å². The Morgan fingerprint density at radius 1 is 1.15 bits per heavy atom. The summed E-state index contributed by atoms with van der Waals surface area (Å²) in [5.41, 5.74) is -0.0500. The van der Waals surface area contributed by atoms with Crippen LogP contribution >= 0.6 is 11.6 Å². The van der Waals surface area contributed by atoms with Crippen LogP contribution in [0.1, 0.15) is 50.5 Å². The van der Waals surface area contributed by atoms with Crippen molar-refractivity contribution in [2.45, 2.75) is 68.1 Å². The van der Waals surface area contributed by atoms with Gasteiger partial charge in [0.15, 0.2) is 5.82 Å². The summed E-state index contributed by atoms with van der Waals surface area (Å²) in [6.45, 7) is 5.37. The van der Waals surface area contributed by atoms with Crippen LogP contribution in [0.3, 0.4) is 0 Å². The van der Waals surface area contributed by atoms with E-state index in [0.29, 0.717) is 79.2 Å². The van der Waals surface area contributed by atoms with Crippen LogP contribution in [0.2, 0.25) is 5.02 Å². The number of rotatable bonds is 10. The molecule has 0 radical (unpaired) electrons. The average molecular weight is 668 g/mol. The number of morpholine rings is 1. The van der Waals surface area contributed by atoms with Gasteiger partial charge in [0.25, 0.3) is 11.6 Å². The van der Waals surface area contributed by atoms with E-state index in [1.54, 1.807) is 12.3 Å². The number of fused-ring (bicyclic) bond motifs is 3. The minimum atomic E-state index is -0.809. The van der Waals surface area contributed by atoms with Crippen molar-refractivity contribution in [2.75, 3.05) is 52.6 Å². The summed E-state index contributed by atoms with van der Waals surface area (Å²) in [4.78, 5) is 27.0. The predicted octanol–water partition coefficient (Wildman–Crippen LogP) is 3.49. The van der Waals surface area contributed by atoms with E-state index >= 15 is 4.39 Å². The number of H-pyrrole nitrogens is 2. The highest BCUT2D eigenvalue weighted by atomic mass is 35.5. The maximum Gasteiger partial charge on any atom is 0.297 e. The van der Waals surface area contributed by atoms with E-state index in [1.165, 1.54) is 6.20 Å². The highest BCUT2D eigenvalue weighted by molar-refractivity contribution is 6.33. The average Bonchev–Trinajstić information content (AvgIpc) is 3.77. The molecule has 0 amide bonds. The van der Waals surface area contributed by atoms with Crippen LogP contribution in [-0.4, -0.2) is 105 Å². The molecular weight excluding hydrogens is 629 g/mol. The first-order chi connectivity index (χ1) is 22.8. The van der Waals surface area contributed by atoms with Gasteiger partial charge in [0, 0.05) is 54.7 Å². The number of nitrogens with one attached hydrogen (secondary N) is 3. The van der Waals surface area contributed by atoms with Gasteiger partial charge in [-0.2, -0.15) is 10.1 Å². The number of benzene rings is 1. The van der Waals surface area contributed by atoms with Gasteiger partial charge < -0.3 is 24.6 Å². The molecule has 12 nitrogen and oxygen atoms in total. The Balaban J connectivity index is 1.03. The molecule has 6 heterocycles. The van der Waals surface area contributed by atoms with E-state index in [-0.39, 0.29) is 33.7 Å². The van der Waals surface area contributed by atoms with E-state index in [0.717, 1.165) is 51.9 Å². The topological polar surface area (TPSA) is 151 Å². The highest BCUT2D eigenvalue weighted by Gasteiger charge is 2.55. The molecule has 0 bridgehead atoms. The van der Waals surface area contributed by atoms with Gasteiger partial charge in [0.1, 0.15) is 17.8 Å². The van der Waals surface area contributed by atoms with Crippen LogP contribution in [0.5, 0.6) is 6.01 Å². The first kappa shape index (κ1) is 31.1. The van der Waals surface area contributed by atoms with Crippen molar-refractivity contribution in [1.82, 2.24) is 35.4 Å². The molecule has 1 aliphatic carbocycles. The normalized spacial score (nSPS) is 25.5. The van der Waals surface area contributed by atoms with Gasteiger partial charge in [0.2, 0.25) is 0 Å². The molecule has 250 valence electrons. The number of hydrogen-bond donors (Lipinski definition) is 4. The Kier molecular flexibility index (Phi) is 7.97. The summed E-state index contributed by atoms with van der Waals surface area (Å²) in [5.74, 6) is -0.743. The zero-order valence-corrected chi connectivity index (χ0v) is 26.9. The molecule has 4 aliphatic rings. The summed E-state index contributed by atoms with van der Waals surface area (Å²) < 4.78 is 34.4. The maximum absolute atomic E-state index is 16.5. The smallest absolute Gasteiger partial charge is 0.297 e. The Morgan fingerprint density at radius 3 is 2.77 bits per heavy atom. The third-order valence-corrected chi connectivity index (χ3v) is 11.0. The lowest BCUT2D eigenvalue weighted by atomic mass is 9.65. The second-order valence-corrected chi connectivity index (χ2v) is 14.1. The first-order valence-electron chi connectivity index (χ1n) is 16.5. The third-order valence-electron chi connectivity index (χ3n) is 10.6. The summed E-state index contributed by atoms with van der Waals surface area (Å²) in [5, 5.41) is 22.4. The third kappa shape index (κ3) is 5.60. The van der Waals surface area contributed by atoms with Gasteiger partial charge in [-0.25, -0.2) is 4.39 Å². The fraction of sp³-hybridized carbons (Fsp3) is 0.576. The lowest BCUT2D eigenvalue weighted by Gasteiger charge is -2.54. The van der Waals surface area contributed by atoms with Crippen molar-refractivity contribution in [3.63, 3.8) is 0 Å². The Hall–Kier alpha value is -3.20. The lowest BCUT2D eigenvalue weighted by Crippen LogP contribution is -2.65. The van der Waals surface area contributed by atoms with Gasteiger partial charge in [-0.3, -0.25) is 24.8 Å². The van der Waals surface area contributed by atoms with Gasteiger partial charge >= 0.3 is 0 Å². The molecule has 8 rings (SSSR count). The number of aromatic nitrogens is 5. The van der Waals surface area contributed by atoms with Crippen LogP contribution in [0.15, 0.2) is 23.3 Å². The molecule has 4 fully saturated rings. The number of aromatic amines is 2. The number of halogens is 2. The standard InChI is InChI=1S/C33H39ClFN7O5/c34-23-13-24-21(15-38-41-24)25(20(23)3-10-45-11-6-32(44)16-33(17-32)18-36-7-12-47-33)28-26(35)27-22(14-37-28)29(43)40-30(39-27)46-19-31-4-1-8-42(31)9-2-5-31/h13-15,36,44H,1-12,16-19H2,(H,38,41)(H,39,40,43). The second-order valence-electron chi connectivity index (χ2n) is 13.7. The fourth-order valence-electron chi connectivity index (χ4n) is 8.37. The SMILES string of the molecule is O=c1[nH]c(OCC23CCCN2CCC3)nc2c(F)c(-c3c(CCOCCC4(O)CC5(CNCCO5)C4)c(Cl)cc4[nH]ncc34)ncc12. The van der Waals surface area contributed by atoms with Crippen LogP contribution in [0, 0.1) is 5.82 Å². The molecule has 4 N–H and O–H groups in total. The molecule has 0 atom stereocenters. The van der Waals surface area contributed by atoms with E-state index < -0.39 is 17.0 Å². The summed E-state index contributed by atoms with van der Waals surface area (Å²) in [7, 11) is 0. The molecule has 3 aliphatic heterocycles. The van der Waals surface area contributed by atoms with Crippen molar-refractivity contribution in [2.24, 2.45) is 0 Å². The number of nitrogens with zero attached hydrogens (tertiary/aromatic N) is 4. The van der Waals surface area contributed by atoms with Gasteiger partial charge in [0.05, 0.1) is 47.1 Å². The monoisotopic (exact) mass is 667 g/mol. The van der Waals surface area contributed by atoms with Crippen LogP contribution in [0.25, 0.3) is 33.1 Å². The molecule has 0 unspecified atom stereocenters. The van der Waals surface area contributed by atoms with Crippen LogP contribution in [0.4, 0.5) is 4.39 Å². The van der Waals surface area contributed by atoms with E-state index in [1.807, 2.05) is 0 Å². The van der Waals surface area contributed by atoms with Crippen LogP contribution < -0.4 is 15.6 Å². The summed E-state index contributed by atoms with van der Waals surface area (Å²) in [6.07, 6.45) is 9.24. The molecule has 4 aromatic rings. The molecule has 1 spiro atoms. The summed E-state index contributed by atoms with van der Waals surface area (Å²) in [6, 6.07) is 1.74. The maximum atomic E-state index is 16.5. The molecule has 47 heavy (non-hydrogen) atoms. The van der Waals surface area contributed by atoms with Crippen LogP contribution in [-0.2, 0) is 15.9 Å². The number of pyridine rings is 1. The zero-order chi connectivity index (χ0) is 32.2. The fourth-order valence-corrected chi connectivity index (χ4v) is 8.66. The highest BCUT2D eigenvalue weighted by Crippen LogP contribution is 2.46. The number of aliphatic hydroxyl groups is 1. The van der Waals surface area contributed by atoms with Crippen molar-refractivity contribution < 1.29 is 23.7 Å². The molecular formula is C33H39ClFN7O5. The number of ether oxygens (including phenoxy) is 3. The van der Waals surface area contributed by atoms with E-state index in [9.17, 15) is 9.90 Å². The molecule has 14 heteroatoms. The quantitative estimate of drug-likeness (QED) is 0.185. The molecule has 1 aromatic carbocycles. The van der Waals surface area contributed by atoms with Crippen molar-refractivity contribution in [1.29, 1.82) is 0 Å². The largest absolute Gasteiger partial charge is 0.463 e. The zero-order valence-electron chi connectivity index (χ0n) is 26.2. The van der Waals surface area contributed by atoms with E-state index in [2.05, 4.69) is 35.4 Å². The van der Waals surface area contributed by atoms with Crippen molar-refractivity contribution in [3.05, 3.63) is 45.2 Å². The minimum Gasteiger partial charge on any atom is -0.463 e. The Bertz CT molecular complexity index is 1860. The lowest BCUT2D eigenvalue weighted by molar-refractivity contribution is -0.220. The Morgan fingerprint density at radius 2 is 1.98 bits per heavy atom. The second kappa shape index (κ2) is 12.0. The Labute approximate surface area is 275 Å².